The summed E-state index contributed by atoms with van der Waals surface area (Å²) in [6, 6.07) is 10.1. The topological polar surface area (TPSA) is 21.6 Å². The van der Waals surface area contributed by atoms with E-state index in [2.05, 4.69) is 42.2 Å². The quantitative estimate of drug-likeness (QED) is 0.249. The summed E-state index contributed by atoms with van der Waals surface area (Å²) in [5.41, 5.74) is 2.03. The molecule has 0 heterocycles. The fourth-order valence-corrected chi connectivity index (χ4v) is 1.94. The van der Waals surface area contributed by atoms with Gasteiger partial charge in [-0.3, -0.25) is 0 Å². The number of hydrogen-bond acceptors (Lipinski definition) is 2. The van der Waals surface area contributed by atoms with E-state index in [0.29, 0.717) is 11.9 Å². The van der Waals surface area contributed by atoms with Gasteiger partial charge in [0.2, 0.25) is 0 Å². The van der Waals surface area contributed by atoms with Crippen LogP contribution in [0, 0.1) is 0 Å². The smallest absolute Gasteiger partial charge is 0.122 e. The largest absolute Gasteiger partial charge is 0.395 e. The second-order valence-corrected chi connectivity index (χ2v) is 5.80. The molecule has 0 saturated carbocycles. The molecule has 1 aromatic carbocycles. The van der Waals surface area contributed by atoms with Gasteiger partial charge in [0.05, 0.1) is 33.4 Å². The third kappa shape index (κ3) is 6.17. The van der Waals surface area contributed by atoms with Crippen LogP contribution in [-0.4, -0.2) is 49.8 Å². The van der Waals surface area contributed by atoms with E-state index < -0.39 is 0 Å². The Morgan fingerprint density at radius 1 is 1.22 bits per heavy atom. The summed E-state index contributed by atoms with van der Waals surface area (Å²) in [5, 5.41) is 4.90. The van der Waals surface area contributed by atoms with E-state index in [9.17, 15) is 0 Å². The van der Waals surface area contributed by atoms with Crippen molar-refractivity contribution in [3.05, 3.63) is 35.9 Å². The molecule has 0 saturated heterocycles. The van der Waals surface area contributed by atoms with Crippen LogP contribution in [0.15, 0.2) is 35.5 Å². The van der Waals surface area contributed by atoms with Crippen molar-refractivity contribution in [2.24, 2.45) is 5.16 Å². The number of rotatable bonds is 7. The van der Waals surface area contributed by atoms with Gasteiger partial charge in [-0.05, 0) is 0 Å². The molecular formula is C14H22BrN2O+. The standard InChI is InChI=1S/C14H22BrN2O/c1-17(2,3)10-7-11-18-16-14(12-15)13-8-5-4-6-9-13/h4-6,8-9H,7,10-12H2,1-3H3/q+1/b16-14-. The van der Waals surface area contributed by atoms with Crippen molar-refractivity contribution in [3.63, 3.8) is 0 Å². The molecule has 100 valence electrons. The molecule has 3 nitrogen and oxygen atoms in total. The van der Waals surface area contributed by atoms with Crippen molar-refractivity contribution in [3.8, 4) is 0 Å². The zero-order valence-electron chi connectivity index (χ0n) is 11.4. The molecule has 0 bridgehead atoms. The number of hydrogen-bond donors (Lipinski definition) is 0. The molecule has 0 aromatic heterocycles. The van der Waals surface area contributed by atoms with Crippen molar-refractivity contribution in [2.75, 3.05) is 39.6 Å². The Balaban J connectivity index is 2.40. The van der Waals surface area contributed by atoms with Gasteiger partial charge in [-0.2, -0.15) is 0 Å². The molecule has 0 radical (unpaired) electrons. The Morgan fingerprint density at radius 3 is 2.44 bits per heavy atom. The number of alkyl halides is 1. The van der Waals surface area contributed by atoms with Crippen LogP contribution in [0.4, 0.5) is 0 Å². The van der Waals surface area contributed by atoms with Gasteiger partial charge >= 0.3 is 0 Å². The van der Waals surface area contributed by atoms with Gasteiger partial charge in [0.1, 0.15) is 6.61 Å². The Bertz CT molecular complexity index is 371. The zero-order valence-corrected chi connectivity index (χ0v) is 13.0. The number of halogens is 1. The van der Waals surface area contributed by atoms with Crippen LogP contribution in [0.5, 0.6) is 0 Å². The molecule has 0 atom stereocenters. The zero-order chi connectivity index (χ0) is 13.4. The second kappa shape index (κ2) is 7.54. The van der Waals surface area contributed by atoms with Gasteiger partial charge in [0, 0.05) is 17.3 Å². The first-order chi connectivity index (χ1) is 8.53. The van der Waals surface area contributed by atoms with Crippen LogP contribution in [0.3, 0.4) is 0 Å². The molecule has 0 N–H and O–H groups in total. The van der Waals surface area contributed by atoms with Crippen LogP contribution >= 0.6 is 15.9 Å². The lowest BCUT2D eigenvalue weighted by atomic mass is 10.1. The normalized spacial score (nSPS) is 12.6. The van der Waals surface area contributed by atoms with Crippen LogP contribution in [-0.2, 0) is 4.84 Å². The van der Waals surface area contributed by atoms with E-state index in [1.165, 1.54) is 0 Å². The summed E-state index contributed by atoms with van der Waals surface area (Å²) in [6.45, 7) is 1.75. The molecule has 0 fully saturated rings. The number of benzene rings is 1. The first-order valence-corrected chi connectivity index (χ1v) is 7.26. The molecule has 0 aliphatic heterocycles. The van der Waals surface area contributed by atoms with Crippen molar-refractivity contribution in [1.29, 1.82) is 0 Å². The first-order valence-electron chi connectivity index (χ1n) is 6.13. The van der Waals surface area contributed by atoms with E-state index in [0.717, 1.165) is 28.7 Å². The van der Waals surface area contributed by atoms with E-state index in [4.69, 9.17) is 4.84 Å². The summed E-state index contributed by atoms with van der Waals surface area (Å²) in [5.74, 6) is 0. The second-order valence-electron chi connectivity index (χ2n) is 5.24. The summed E-state index contributed by atoms with van der Waals surface area (Å²) in [6.07, 6.45) is 1.01. The minimum atomic E-state index is 0.666. The lowest BCUT2D eigenvalue weighted by Gasteiger charge is -2.23. The minimum Gasteiger partial charge on any atom is -0.395 e. The Kier molecular flexibility index (Phi) is 6.36. The predicted molar refractivity (Wildman–Crippen MR) is 80.2 cm³/mol. The minimum absolute atomic E-state index is 0.666. The van der Waals surface area contributed by atoms with E-state index in [1.807, 2.05) is 30.3 Å². The Morgan fingerprint density at radius 2 is 1.89 bits per heavy atom. The van der Waals surface area contributed by atoms with Gasteiger partial charge in [-0.15, -0.1) is 0 Å². The lowest BCUT2D eigenvalue weighted by molar-refractivity contribution is -0.870. The Labute approximate surface area is 118 Å². The summed E-state index contributed by atoms with van der Waals surface area (Å²) >= 11 is 3.44. The summed E-state index contributed by atoms with van der Waals surface area (Å²) < 4.78 is 0.955. The third-order valence-corrected chi connectivity index (χ3v) is 3.00. The van der Waals surface area contributed by atoms with Gasteiger partial charge in [-0.25, -0.2) is 0 Å². The van der Waals surface area contributed by atoms with Gasteiger partial charge in [-0.1, -0.05) is 51.4 Å². The molecule has 0 spiro atoms. The SMILES string of the molecule is C[N+](C)(C)CCCO/N=C(/CBr)c1ccccc1. The van der Waals surface area contributed by atoms with Gasteiger partial charge < -0.3 is 9.32 Å². The molecule has 4 heteroatoms. The fraction of sp³-hybridized carbons (Fsp3) is 0.500. The highest BCUT2D eigenvalue weighted by Gasteiger charge is 2.06. The van der Waals surface area contributed by atoms with Gasteiger partial charge in [0.25, 0.3) is 0 Å². The molecule has 0 aliphatic carbocycles. The first kappa shape index (κ1) is 15.2. The van der Waals surface area contributed by atoms with Crippen molar-refractivity contribution >= 4 is 21.6 Å². The van der Waals surface area contributed by atoms with Crippen LogP contribution in [0.25, 0.3) is 0 Å². The van der Waals surface area contributed by atoms with Crippen molar-refractivity contribution in [2.45, 2.75) is 6.42 Å². The van der Waals surface area contributed by atoms with Crippen molar-refractivity contribution < 1.29 is 9.32 Å². The van der Waals surface area contributed by atoms with E-state index in [1.54, 1.807) is 0 Å². The highest BCUT2D eigenvalue weighted by molar-refractivity contribution is 9.09. The number of nitrogens with zero attached hydrogens (tertiary/aromatic N) is 2. The molecular weight excluding hydrogens is 292 g/mol. The Hall–Kier alpha value is -0.870. The monoisotopic (exact) mass is 313 g/mol. The maximum Gasteiger partial charge on any atom is 0.122 e. The molecule has 0 amide bonds. The fourth-order valence-electron chi connectivity index (χ4n) is 1.51. The van der Waals surface area contributed by atoms with Crippen molar-refractivity contribution in [1.82, 2.24) is 0 Å². The van der Waals surface area contributed by atoms with Crippen LogP contribution < -0.4 is 0 Å². The third-order valence-electron chi connectivity index (χ3n) is 2.47. The van der Waals surface area contributed by atoms with E-state index in [-0.39, 0.29) is 0 Å². The van der Waals surface area contributed by atoms with Crippen LogP contribution in [0.2, 0.25) is 0 Å². The molecule has 1 rings (SSSR count). The van der Waals surface area contributed by atoms with Gasteiger partial charge in [0.15, 0.2) is 0 Å². The average Bonchev–Trinajstić information content (AvgIpc) is 2.33. The van der Waals surface area contributed by atoms with Crippen LogP contribution in [0.1, 0.15) is 12.0 Å². The molecule has 1 aromatic rings. The molecule has 0 unspecified atom stereocenters. The highest BCUT2D eigenvalue weighted by atomic mass is 79.9. The lowest BCUT2D eigenvalue weighted by Crippen LogP contribution is -2.35. The maximum absolute atomic E-state index is 5.38. The number of oxime groups is 1. The van der Waals surface area contributed by atoms with E-state index >= 15 is 0 Å². The molecule has 0 aliphatic rings. The highest BCUT2D eigenvalue weighted by Crippen LogP contribution is 2.04. The maximum atomic E-state index is 5.38. The average molecular weight is 314 g/mol. The summed E-state index contributed by atoms with van der Waals surface area (Å²) in [4.78, 5) is 5.38. The number of quaternary nitrogens is 1. The predicted octanol–water partition coefficient (Wildman–Crippen LogP) is 2.90. The summed E-state index contributed by atoms with van der Waals surface area (Å²) in [7, 11) is 6.53. The molecule has 18 heavy (non-hydrogen) atoms.